The fourth-order valence-corrected chi connectivity index (χ4v) is 4.63. The Kier molecular flexibility index (Phi) is 5.65. The third-order valence-electron chi connectivity index (χ3n) is 5.58. The van der Waals surface area contributed by atoms with Crippen LogP contribution in [0.15, 0.2) is 42.0 Å². The Balaban J connectivity index is 1.77. The lowest BCUT2D eigenvalue weighted by Gasteiger charge is -2.30. The lowest BCUT2D eigenvalue weighted by molar-refractivity contribution is 0.104. The zero-order valence-corrected chi connectivity index (χ0v) is 17.4. The summed E-state index contributed by atoms with van der Waals surface area (Å²) < 4.78 is 5.16. The molecule has 0 spiro atoms. The summed E-state index contributed by atoms with van der Waals surface area (Å²) in [6, 6.07) is 12.4. The van der Waals surface area contributed by atoms with Crippen molar-refractivity contribution in [2.24, 2.45) is 0 Å². The lowest BCUT2D eigenvalue weighted by atomic mass is 9.86. The SMILES string of the molecule is CCOC(=O)N1CCC(=C2c3ccc(Cl)cc3CCc3cc(Cl)ccc32)CC1. The van der Waals surface area contributed by atoms with Gasteiger partial charge in [-0.3, -0.25) is 0 Å². The van der Waals surface area contributed by atoms with Crippen LogP contribution in [0.1, 0.15) is 42.0 Å². The molecule has 0 bridgehead atoms. The predicted octanol–water partition coefficient (Wildman–Crippen LogP) is 6.15. The van der Waals surface area contributed by atoms with Crippen molar-refractivity contribution in [3.05, 3.63) is 74.3 Å². The molecule has 2 aliphatic rings. The highest BCUT2D eigenvalue weighted by atomic mass is 35.5. The van der Waals surface area contributed by atoms with E-state index in [0.717, 1.165) is 35.7 Å². The highest BCUT2D eigenvalue weighted by Gasteiger charge is 2.26. The van der Waals surface area contributed by atoms with Crippen molar-refractivity contribution in [1.82, 2.24) is 4.90 Å². The summed E-state index contributed by atoms with van der Waals surface area (Å²) in [7, 11) is 0. The van der Waals surface area contributed by atoms with Gasteiger partial charge in [-0.2, -0.15) is 0 Å². The second-order valence-corrected chi connectivity index (χ2v) is 8.14. The summed E-state index contributed by atoms with van der Waals surface area (Å²) in [6.45, 7) is 3.61. The first kappa shape index (κ1) is 19.4. The number of amides is 1. The molecule has 1 amide bonds. The van der Waals surface area contributed by atoms with Crippen LogP contribution < -0.4 is 0 Å². The van der Waals surface area contributed by atoms with Gasteiger partial charge in [-0.25, -0.2) is 4.79 Å². The van der Waals surface area contributed by atoms with Crippen LogP contribution in [-0.4, -0.2) is 30.7 Å². The molecule has 146 valence electrons. The molecule has 1 aliphatic heterocycles. The maximum Gasteiger partial charge on any atom is 0.409 e. The van der Waals surface area contributed by atoms with Crippen molar-refractivity contribution in [2.75, 3.05) is 19.7 Å². The summed E-state index contributed by atoms with van der Waals surface area (Å²) >= 11 is 12.6. The van der Waals surface area contributed by atoms with E-state index < -0.39 is 0 Å². The van der Waals surface area contributed by atoms with Crippen LogP contribution in [0.2, 0.25) is 10.0 Å². The Bertz CT molecular complexity index is 886. The van der Waals surface area contributed by atoms with E-state index >= 15 is 0 Å². The maximum atomic E-state index is 12.1. The van der Waals surface area contributed by atoms with Crippen molar-refractivity contribution in [3.8, 4) is 0 Å². The van der Waals surface area contributed by atoms with Crippen LogP contribution in [0.25, 0.3) is 5.57 Å². The second-order valence-electron chi connectivity index (χ2n) is 7.27. The van der Waals surface area contributed by atoms with Gasteiger partial charge >= 0.3 is 6.09 Å². The highest BCUT2D eigenvalue weighted by Crippen LogP contribution is 2.40. The third kappa shape index (κ3) is 3.78. The van der Waals surface area contributed by atoms with Gasteiger partial charge in [0.2, 0.25) is 0 Å². The van der Waals surface area contributed by atoms with E-state index in [0.29, 0.717) is 19.7 Å². The normalized spacial score (nSPS) is 16.3. The Morgan fingerprint density at radius 3 is 1.96 bits per heavy atom. The molecular weight excluding hydrogens is 393 g/mol. The zero-order chi connectivity index (χ0) is 19.7. The number of benzene rings is 2. The van der Waals surface area contributed by atoms with E-state index in [-0.39, 0.29) is 6.09 Å². The minimum atomic E-state index is -0.216. The van der Waals surface area contributed by atoms with Crippen molar-refractivity contribution >= 4 is 34.9 Å². The Labute approximate surface area is 175 Å². The summed E-state index contributed by atoms with van der Waals surface area (Å²) in [6.07, 6.45) is 3.35. The molecular formula is C23H23Cl2NO2. The molecule has 4 rings (SSSR count). The molecule has 3 nitrogen and oxygen atoms in total. The summed E-state index contributed by atoms with van der Waals surface area (Å²) in [5.74, 6) is 0. The van der Waals surface area contributed by atoms with Crippen LogP contribution in [0.5, 0.6) is 0 Å². The van der Waals surface area contributed by atoms with Crippen LogP contribution in [-0.2, 0) is 17.6 Å². The number of hydrogen-bond donors (Lipinski definition) is 0. The largest absolute Gasteiger partial charge is 0.450 e. The predicted molar refractivity (Wildman–Crippen MR) is 114 cm³/mol. The van der Waals surface area contributed by atoms with E-state index in [9.17, 15) is 4.79 Å². The van der Waals surface area contributed by atoms with Gasteiger partial charge in [0.15, 0.2) is 0 Å². The third-order valence-corrected chi connectivity index (χ3v) is 6.05. The highest BCUT2D eigenvalue weighted by molar-refractivity contribution is 6.31. The molecule has 1 fully saturated rings. The molecule has 0 N–H and O–H groups in total. The average molecular weight is 416 g/mol. The van der Waals surface area contributed by atoms with Gasteiger partial charge in [-0.1, -0.05) is 40.9 Å². The maximum absolute atomic E-state index is 12.1. The smallest absolute Gasteiger partial charge is 0.409 e. The van der Waals surface area contributed by atoms with Crippen molar-refractivity contribution in [1.29, 1.82) is 0 Å². The van der Waals surface area contributed by atoms with Gasteiger partial charge in [-0.05, 0) is 84.7 Å². The molecule has 2 aromatic carbocycles. The van der Waals surface area contributed by atoms with Gasteiger partial charge in [0, 0.05) is 23.1 Å². The van der Waals surface area contributed by atoms with Crippen LogP contribution in [0, 0.1) is 0 Å². The molecule has 5 heteroatoms. The molecule has 1 aliphatic carbocycles. The average Bonchev–Trinajstić information content (AvgIpc) is 2.84. The number of likely N-dealkylation sites (tertiary alicyclic amines) is 1. The minimum absolute atomic E-state index is 0.216. The monoisotopic (exact) mass is 415 g/mol. The van der Waals surface area contributed by atoms with Crippen LogP contribution in [0.3, 0.4) is 0 Å². The number of piperidine rings is 1. The van der Waals surface area contributed by atoms with Gasteiger partial charge in [0.1, 0.15) is 0 Å². The number of aryl methyl sites for hydroxylation is 2. The van der Waals surface area contributed by atoms with Gasteiger partial charge in [-0.15, -0.1) is 0 Å². The first-order valence-electron chi connectivity index (χ1n) is 9.78. The van der Waals surface area contributed by atoms with Crippen molar-refractivity contribution < 1.29 is 9.53 Å². The Morgan fingerprint density at radius 2 is 1.46 bits per heavy atom. The fraction of sp³-hybridized carbons (Fsp3) is 0.348. The lowest BCUT2D eigenvalue weighted by Crippen LogP contribution is -2.37. The number of fused-ring (bicyclic) bond motifs is 2. The number of halogens is 2. The van der Waals surface area contributed by atoms with E-state index in [1.807, 2.05) is 19.1 Å². The molecule has 28 heavy (non-hydrogen) atoms. The van der Waals surface area contributed by atoms with Crippen molar-refractivity contribution in [3.63, 3.8) is 0 Å². The quantitative estimate of drug-likeness (QED) is 0.558. The summed E-state index contributed by atoms with van der Waals surface area (Å²) in [5.41, 5.74) is 7.73. The molecule has 2 aromatic rings. The van der Waals surface area contributed by atoms with Crippen LogP contribution >= 0.6 is 23.2 Å². The number of carbonyl (C=O) groups is 1. The number of hydrogen-bond acceptors (Lipinski definition) is 2. The van der Waals surface area contributed by atoms with E-state index in [2.05, 4.69) is 24.3 Å². The fourth-order valence-electron chi connectivity index (χ4n) is 4.25. The molecule has 0 aromatic heterocycles. The molecule has 0 atom stereocenters. The number of ether oxygens (including phenoxy) is 1. The van der Waals surface area contributed by atoms with E-state index in [1.54, 1.807) is 4.90 Å². The number of nitrogens with zero attached hydrogens (tertiary/aromatic N) is 1. The molecule has 0 saturated carbocycles. The topological polar surface area (TPSA) is 29.5 Å². The molecule has 1 saturated heterocycles. The molecule has 1 heterocycles. The number of rotatable bonds is 1. The zero-order valence-electron chi connectivity index (χ0n) is 15.9. The van der Waals surface area contributed by atoms with Gasteiger partial charge in [0.05, 0.1) is 6.61 Å². The van der Waals surface area contributed by atoms with Gasteiger partial charge < -0.3 is 9.64 Å². The molecule has 0 radical (unpaired) electrons. The first-order valence-corrected chi connectivity index (χ1v) is 10.5. The van der Waals surface area contributed by atoms with E-state index in [1.165, 1.54) is 33.4 Å². The van der Waals surface area contributed by atoms with E-state index in [4.69, 9.17) is 27.9 Å². The standard InChI is InChI=1S/C23H23Cl2NO2/c1-2-28-23(27)26-11-9-15(10-12-26)22-20-7-5-18(24)13-16(20)3-4-17-14-19(25)6-8-21(17)22/h5-8,13-14H,2-4,9-12H2,1H3. The Morgan fingerprint density at radius 1 is 0.929 bits per heavy atom. The summed E-state index contributed by atoms with van der Waals surface area (Å²) in [5, 5.41) is 1.54. The van der Waals surface area contributed by atoms with Gasteiger partial charge in [0.25, 0.3) is 0 Å². The second kappa shape index (κ2) is 8.18. The number of carbonyl (C=O) groups excluding carboxylic acids is 1. The summed E-state index contributed by atoms with van der Waals surface area (Å²) in [4.78, 5) is 13.9. The van der Waals surface area contributed by atoms with Crippen molar-refractivity contribution in [2.45, 2.75) is 32.6 Å². The van der Waals surface area contributed by atoms with Crippen LogP contribution in [0.4, 0.5) is 4.79 Å². The Hall–Kier alpha value is -1.97. The first-order chi connectivity index (χ1) is 13.6. The molecule has 0 unspecified atom stereocenters. The minimum Gasteiger partial charge on any atom is -0.450 e.